The number of nitrogens with zero attached hydrogens (tertiary/aromatic N) is 2. The van der Waals surface area contributed by atoms with Crippen molar-refractivity contribution < 1.29 is 23.7 Å². The number of piperazine rings is 1. The third-order valence-corrected chi connectivity index (χ3v) is 6.46. The fraction of sp³-hybridized carbons (Fsp3) is 0.357. The molecule has 1 fully saturated rings. The van der Waals surface area contributed by atoms with Crippen molar-refractivity contribution in [3.8, 4) is 5.75 Å². The molecule has 0 aromatic heterocycles. The minimum atomic E-state index is -0.277. The van der Waals surface area contributed by atoms with Gasteiger partial charge in [-0.1, -0.05) is 35.9 Å². The predicted molar refractivity (Wildman–Crippen MR) is 140 cm³/mol. The summed E-state index contributed by atoms with van der Waals surface area (Å²) in [5.41, 5.74) is 2.91. The van der Waals surface area contributed by atoms with Crippen LogP contribution in [-0.2, 0) is 0 Å². The first-order chi connectivity index (χ1) is 17.4. The number of rotatable bonds is 7. The van der Waals surface area contributed by atoms with Gasteiger partial charge >= 0.3 is 0 Å². The molecule has 0 spiro atoms. The molecular formula is C28H33ClF2N2O3. The molecule has 5 nitrogen and oxygen atoms in total. The third kappa shape index (κ3) is 7.17. The average molecular weight is 519 g/mol. The van der Waals surface area contributed by atoms with E-state index < -0.39 is 0 Å². The molecule has 4 rings (SSSR count). The molecule has 1 aliphatic heterocycles. The van der Waals surface area contributed by atoms with E-state index in [2.05, 4.69) is 16.7 Å². The van der Waals surface area contributed by atoms with Crippen LogP contribution < -0.4 is 9.64 Å². The first-order valence-corrected chi connectivity index (χ1v) is 12.4. The fourth-order valence-electron chi connectivity index (χ4n) is 4.34. The number of benzene rings is 3. The van der Waals surface area contributed by atoms with Crippen LogP contribution in [0.5, 0.6) is 5.75 Å². The molecule has 1 unspecified atom stereocenters. The summed E-state index contributed by atoms with van der Waals surface area (Å²) in [6, 6.07) is 18.7. The van der Waals surface area contributed by atoms with E-state index in [1.807, 2.05) is 36.4 Å². The molecule has 0 amide bonds. The van der Waals surface area contributed by atoms with Crippen molar-refractivity contribution in [1.29, 1.82) is 0 Å². The molecule has 0 radical (unpaired) electrons. The van der Waals surface area contributed by atoms with Crippen LogP contribution in [0.25, 0.3) is 0 Å². The highest BCUT2D eigenvalue weighted by Crippen LogP contribution is 2.38. The summed E-state index contributed by atoms with van der Waals surface area (Å²) in [5.74, 6) is 0.0711. The molecule has 36 heavy (non-hydrogen) atoms. The summed E-state index contributed by atoms with van der Waals surface area (Å²) < 4.78 is 32.5. The van der Waals surface area contributed by atoms with Gasteiger partial charge in [-0.2, -0.15) is 0 Å². The Kier molecular flexibility index (Phi) is 10.5. The van der Waals surface area contributed by atoms with Gasteiger partial charge in [-0.05, 0) is 61.4 Å². The maximum Gasteiger partial charge on any atom is 0.123 e. The maximum absolute atomic E-state index is 13.6. The molecule has 3 aromatic carbocycles. The van der Waals surface area contributed by atoms with E-state index in [-0.39, 0.29) is 43.5 Å². The van der Waals surface area contributed by atoms with Crippen molar-refractivity contribution in [2.75, 3.05) is 44.4 Å². The summed E-state index contributed by atoms with van der Waals surface area (Å²) in [6.07, 6.45) is 0. The lowest BCUT2D eigenvalue weighted by Gasteiger charge is -2.45. The second-order valence-electron chi connectivity index (χ2n) is 8.48. The van der Waals surface area contributed by atoms with Crippen molar-refractivity contribution in [3.05, 3.63) is 94.5 Å². The fourth-order valence-corrected chi connectivity index (χ4v) is 4.62. The number of hydrogen-bond donors (Lipinski definition) is 2. The van der Waals surface area contributed by atoms with Gasteiger partial charge in [0.05, 0.1) is 23.4 Å². The molecule has 0 saturated carbocycles. The van der Waals surface area contributed by atoms with Crippen molar-refractivity contribution in [2.45, 2.75) is 25.9 Å². The van der Waals surface area contributed by atoms with Gasteiger partial charge in [-0.3, -0.25) is 4.90 Å². The Hall–Kier alpha value is -2.71. The van der Waals surface area contributed by atoms with E-state index in [1.54, 1.807) is 13.0 Å². The zero-order chi connectivity index (χ0) is 26.1. The van der Waals surface area contributed by atoms with E-state index in [0.717, 1.165) is 23.4 Å². The quantitative estimate of drug-likeness (QED) is 0.425. The molecule has 1 aliphatic rings. The van der Waals surface area contributed by atoms with Gasteiger partial charge < -0.3 is 19.8 Å². The SMILES string of the molecule is CC(c1ccc(F)cc1)N1CCN(c2ccc(OCCO)cc2Cl)[C@H](c2ccc(F)cc2)C1.CCO. The highest BCUT2D eigenvalue weighted by Gasteiger charge is 2.32. The highest BCUT2D eigenvalue weighted by molar-refractivity contribution is 6.33. The lowest BCUT2D eigenvalue weighted by atomic mass is 9.98. The first-order valence-electron chi connectivity index (χ1n) is 12.0. The molecule has 1 saturated heterocycles. The van der Waals surface area contributed by atoms with Crippen molar-refractivity contribution >= 4 is 17.3 Å². The molecule has 3 aromatic rings. The Balaban J connectivity index is 0.00000115. The molecule has 0 aliphatic carbocycles. The van der Waals surface area contributed by atoms with E-state index in [9.17, 15) is 8.78 Å². The summed E-state index contributed by atoms with van der Waals surface area (Å²) in [7, 11) is 0. The van der Waals surface area contributed by atoms with Crippen LogP contribution in [-0.4, -0.2) is 54.6 Å². The number of aliphatic hydroxyl groups excluding tert-OH is 2. The second kappa shape index (κ2) is 13.6. The smallest absolute Gasteiger partial charge is 0.123 e. The van der Waals surface area contributed by atoms with Gasteiger partial charge in [0.1, 0.15) is 24.0 Å². The molecule has 194 valence electrons. The van der Waals surface area contributed by atoms with Gasteiger partial charge in [0, 0.05) is 38.3 Å². The molecule has 8 heteroatoms. The van der Waals surface area contributed by atoms with E-state index >= 15 is 0 Å². The van der Waals surface area contributed by atoms with Crippen molar-refractivity contribution in [2.24, 2.45) is 0 Å². The van der Waals surface area contributed by atoms with Crippen LogP contribution in [0.1, 0.15) is 37.1 Å². The average Bonchev–Trinajstić information content (AvgIpc) is 2.88. The number of halogens is 3. The predicted octanol–water partition coefficient (Wildman–Crippen LogP) is 5.61. The topological polar surface area (TPSA) is 56.2 Å². The van der Waals surface area contributed by atoms with Crippen LogP contribution in [0, 0.1) is 11.6 Å². The van der Waals surface area contributed by atoms with Crippen LogP contribution in [0.2, 0.25) is 5.02 Å². The molecule has 2 N–H and O–H groups in total. The molecule has 0 bridgehead atoms. The van der Waals surface area contributed by atoms with E-state index in [4.69, 9.17) is 26.6 Å². The monoisotopic (exact) mass is 518 g/mol. The maximum atomic E-state index is 13.6. The summed E-state index contributed by atoms with van der Waals surface area (Å²) in [6.45, 7) is 6.38. The minimum absolute atomic E-state index is 0.0519. The molecular weight excluding hydrogens is 486 g/mol. The van der Waals surface area contributed by atoms with Gasteiger partial charge in [-0.25, -0.2) is 8.78 Å². The number of hydrogen-bond acceptors (Lipinski definition) is 5. The highest BCUT2D eigenvalue weighted by atomic mass is 35.5. The van der Waals surface area contributed by atoms with Gasteiger partial charge in [0.25, 0.3) is 0 Å². The Bertz CT molecular complexity index is 1080. The zero-order valence-electron chi connectivity index (χ0n) is 20.6. The minimum Gasteiger partial charge on any atom is -0.491 e. The standard InChI is InChI=1S/C26H27ClF2N2O2.C2H6O/c1-18(19-2-6-21(28)7-3-19)30-12-13-31(26(17-30)20-4-8-22(29)9-5-20)25-11-10-23(16-24(25)27)33-15-14-32;1-2-3/h2-11,16,18,26,32H,12-15,17H2,1H3;3H,2H2,1H3/t18?,26-;/m0./s1. The lowest BCUT2D eigenvalue weighted by molar-refractivity contribution is 0.171. The summed E-state index contributed by atoms with van der Waals surface area (Å²) in [5, 5.41) is 17.1. The van der Waals surface area contributed by atoms with Crippen LogP contribution in [0.3, 0.4) is 0 Å². The van der Waals surface area contributed by atoms with Crippen LogP contribution in [0.4, 0.5) is 14.5 Å². The molecule has 2 atom stereocenters. The Labute approximate surface area is 216 Å². The first kappa shape index (κ1) is 27.9. The van der Waals surface area contributed by atoms with Gasteiger partial charge in [-0.15, -0.1) is 0 Å². The molecule has 1 heterocycles. The zero-order valence-corrected chi connectivity index (χ0v) is 21.3. The third-order valence-electron chi connectivity index (χ3n) is 6.16. The van der Waals surface area contributed by atoms with E-state index in [1.165, 1.54) is 24.3 Å². The number of aliphatic hydroxyl groups is 2. The Morgan fingerprint density at radius 2 is 1.58 bits per heavy atom. The van der Waals surface area contributed by atoms with Gasteiger partial charge in [0.15, 0.2) is 0 Å². The summed E-state index contributed by atoms with van der Waals surface area (Å²) in [4.78, 5) is 4.59. The number of anilines is 1. The second-order valence-corrected chi connectivity index (χ2v) is 8.89. The van der Waals surface area contributed by atoms with Crippen LogP contribution in [0.15, 0.2) is 66.7 Å². The lowest BCUT2D eigenvalue weighted by Crippen LogP contribution is -2.49. The Morgan fingerprint density at radius 3 is 2.17 bits per heavy atom. The summed E-state index contributed by atoms with van der Waals surface area (Å²) >= 11 is 6.64. The van der Waals surface area contributed by atoms with Crippen molar-refractivity contribution in [1.82, 2.24) is 4.90 Å². The van der Waals surface area contributed by atoms with Crippen molar-refractivity contribution in [3.63, 3.8) is 0 Å². The van der Waals surface area contributed by atoms with E-state index in [0.29, 0.717) is 23.9 Å². The van der Waals surface area contributed by atoms with Crippen LogP contribution >= 0.6 is 11.6 Å². The Morgan fingerprint density at radius 1 is 0.972 bits per heavy atom. The largest absolute Gasteiger partial charge is 0.491 e. The van der Waals surface area contributed by atoms with Gasteiger partial charge in [0.2, 0.25) is 0 Å². The number of ether oxygens (including phenoxy) is 1. The normalized spacial score (nSPS) is 16.8.